The zero-order valence-corrected chi connectivity index (χ0v) is 21.7. The van der Waals surface area contributed by atoms with Gasteiger partial charge in [0, 0.05) is 46.3 Å². The fraction of sp³-hybridized carbons (Fsp3) is 0.545. The number of hydrogen-bond donors (Lipinski definition) is 1. The van der Waals surface area contributed by atoms with Gasteiger partial charge in [-0.2, -0.15) is 5.10 Å². The van der Waals surface area contributed by atoms with Gasteiger partial charge in [-0.05, 0) is 31.9 Å². The van der Waals surface area contributed by atoms with E-state index in [1.165, 1.54) is 4.90 Å². The molecule has 1 saturated heterocycles. The van der Waals surface area contributed by atoms with Crippen molar-refractivity contribution in [2.45, 2.75) is 32.2 Å². The Hall–Kier alpha value is -2.57. The van der Waals surface area contributed by atoms with E-state index in [4.69, 9.17) is 9.15 Å². The lowest BCUT2D eigenvalue weighted by Crippen LogP contribution is -2.48. The second-order valence-corrected chi connectivity index (χ2v) is 7.86. The molecular formula is C22H33IN6O4. The molecule has 2 aromatic heterocycles. The molecule has 1 unspecified atom stereocenters. The molecule has 10 nitrogen and oxygen atoms in total. The molecule has 11 heteroatoms. The number of carbonyl (C=O) groups is 2. The number of guanidine groups is 1. The molecule has 0 radical (unpaired) electrons. The highest BCUT2D eigenvalue weighted by molar-refractivity contribution is 14.0. The van der Waals surface area contributed by atoms with E-state index in [0.29, 0.717) is 37.6 Å². The van der Waals surface area contributed by atoms with Gasteiger partial charge >= 0.3 is 5.97 Å². The van der Waals surface area contributed by atoms with Crippen molar-refractivity contribution in [3.05, 3.63) is 42.1 Å². The summed E-state index contributed by atoms with van der Waals surface area (Å²) in [6, 6.07) is 3.89. The number of aromatic nitrogens is 2. The van der Waals surface area contributed by atoms with Crippen molar-refractivity contribution in [3.8, 4) is 0 Å². The van der Waals surface area contributed by atoms with Gasteiger partial charge in [0.25, 0.3) is 0 Å². The van der Waals surface area contributed by atoms with E-state index in [9.17, 15) is 9.59 Å². The summed E-state index contributed by atoms with van der Waals surface area (Å²) < 4.78 is 12.3. The Morgan fingerprint density at radius 3 is 2.91 bits per heavy atom. The second-order valence-electron chi connectivity index (χ2n) is 7.86. The number of aliphatic imine (C=N–C) groups is 1. The molecule has 33 heavy (non-hydrogen) atoms. The van der Waals surface area contributed by atoms with Crippen molar-refractivity contribution in [2.75, 3.05) is 46.9 Å². The first-order chi connectivity index (χ1) is 15.5. The molecule has 2 aromatic rings. The summed E-state index contributed by atoms with van der Waals surface area (Å²) in [5, 5.41) is 7.76. The largest absolute Gasteiger partial charge is 0.469 e. The third-order valence-electron chi connectivity index (χ3n) is 5.28. The number of likely N-dealkylation sites (N-methyl/N-ethyl adjacent to an activating group) is 1. The number of amides is 1. The zero-order chi connectivity index (χ0) is 22.9. The third-order valence-corrected chi connectivity index (χ3v) is 5.28. The van der Waals surface area contributed by atoms with Crippen LogP contribution >= 0.6 is 24.0 Å². The fourth-order valence-corrected chi connectivity index (χ4v) is 3.52. The Morgan fingerprint density at radius 1 is 1.39 bits per heavy atom. The molecule has 0 saturated carbocycles. The van der Waals surface area contributed by atoms with Crippen LogP contribution in [0.3, 0.4) is 0 Å². The van der Waals surface area contributed by atoms with Crippen LogP contribution in [0.5, 0.6) is 0 Å². The number of nitrogens with zero attached hydrogens (tertiary/aromatic N) is 5. The lowest BCUT2D eigenvalue weighted by Gasteiger charge is -2.35. The Balaban J connectivity index is 0.00000385. The quantitative estimate of drug-likeness (QED) is 0.224. The number of likely N-dealkylation sites (tertiary alicyclic amines) is 1. The van der Waals surface area contributed by atoms with Crippen molar-refractivity contribution in [3.63, 3.8) is 0 Å². The highest BCUT2D eigenvalue weighted by Gasteiger charge is 2.25. The van der Waals surface area contributed by atoms with Crippen LogP contribution in [0.4, 0.5) is 0 Å². The molecule has 1 amide bonds. The first kappa shape index (κ1) is 26.7. The number of esters is 1. The average Bonchev–Trinajstić information content (AvgIpc) is 3.48. The summed E-state index contributed by atoms with van der Waals surface area (Å²) in [6.45, 7) is 4.32. The van der Waals surface area contributed by atoms with Crippen LogP contribution < -0.4 is 5.32 Å². The number of piperidine rings is 1. The number of halogens is 1. The molecule has 1 atom stereocenters. The maximum absolute atomic E-state index is 12.1. The Bertz CT molecular complexity index is 912. The van der Waals surface area contributed by atoms with Crippen LogP contribution in [0, 0.1) is 0 Å². The topological polar surface area (TPSA) is 105 Å². The van der Waals surface area contributed by atoms with E-state index in [1.54, 1.807) is 39.7 Å². The smallest absolute Gasteiger partial charge is 0.341 e. The van der Waals surface area contributed by atoms with Crippen molar-refractivity contribution in [1.29, 1.82) is 0 Å². The minimum absolute atomic E-state index is 0. The minimum atomic E-state index is -0.365. The molecule has 0 aromatic carbocycles. The highest BCUT2D eigenvalue weighted by Crippen LogP contribution is 2.21. The predicted octanol–water partition coefficient (Wildman–Crippen LogP) is 2.18. The van der Waals surface area contributed by atoms with Gasteiger partial charge < -0.3 is 24.3 Å². The summed E-state index contributed by atoms with van der Waals surface area (Å²) in [4.78, 5) is 32.3. The molecule has 0 spiro atoms. The first-order valence-corrected chi connectivity index (χ1v) is 10.9. The van der Waals surface area contributed by atoms with Crippen LogP contribution in [-0.4, -0.2) is 84.3 Å². The number of hydrogen-bond acceptors (Lipinski definition) is 6. The van der Waals surface area contributed by atoms with Crippen molar-refractivity contribution in [1.82, 2.24) is 24.9 Å². The maximum Gasteiger partial charge on any atom is 0.341 e. The van der Waals surface area contributed by atoms with E-state index in [-0.39, 0.29) is 48.4 Å². The molecule has 0 aliphatic carbocycles. The Kier molecular flexibility index (Phi) is 10.7. The standard InChI is InChI=1S/C22H32N6O4.HI/c1-4-31-21(30)17-13-25-28(15-17)18-7-5-11-27(16-18)22(24-14-20(29)26(2)3)23-10-9-19-8-6-12-32-19;/h6,8,12-13,15,18H,4-5,7,9-11,14,16H2,1-3H3,(H,23,24);1H. The molecule has 1 fully saturated rings. The lowest BCUT2D eigenvalue weighted by atomic mass is 10.1. The summed E-state index contributed by atoms with van der Waals surface area (Å²) in [5.41, 5.74) is 0.450. The number of nitrogens with one attached hydrogen (secondary N) is 1. The van der Waals surface area contributed by atoms with E-state index in [0.717, 1.165) is 25.1 Å². The van der Waals surface area contributed by atoms with E-state index in [2.05, 4.69) is 20.3 Å². The van der Waals surface area contributed by atoms with Gasteiger partial charge in [-0.25, -0.2) is 9.79 Å². The molecule has 0 bridgehead atoms. The van der Waals surface area contributed by atoms with Crippen molar-refractivity contribution in [2.24, 2.45) is 4.99 Å². The number of ether oxygens (including phenoxy) is 1. The maximum atomic E-state index is 12.1. The summed E-state index contributed by atoms with van der Waals surface area (Å²) in [6.07, 6.45) is 7.54. The van der Waals surface area contributed by atoms with Crippen molar-refractivity contribution >= 4 is 41.8 Å². The lowest BCUT2D eigenvalue weighted by molar-refractivity contribution is -0.127. The van der Waals surface area contributed by atoms with Gasteiger partial charge in [-0.1, -0.05) is 0 Å². The number of rotatable bonds is 8. The van der Waals surface area contributed by atoms with Gasteiger partial charge in [0.15, 0.2) is 5.96 Å². The Morgan fingerprint density at radius 2 is 2.21 bits per heavy atom. The zero-order valence-electron chi connectivity index (χ0n) is 19.4. The molecule has 1 aliphatic rings. The SMILES string of the molecule is CCOC(=O)c1cnn(C2CCCN(C(=NCC(=O)N(C)C)NCCc3ccco3)C2)c1.I. The van der Waals surface area contributed by atoms with E-state index < -0.39 is 0 Å². The van der Waals surface area contributed by atoms with Crippen LogP contribution in [0.15, 0.2) is 40.2 Å². The van der Waals surface area contributed by atoms with Crippen LogP contribution in [-0.2, 0) is 16.0 Å². The summed E-state index contributed by atoms with van der Waals surface area (Å²) in [5.74, 6) is 1.15. The van der Waals surface area contributed by atoms with E-state index in [1.807, 2.05) is 16.8 Å². The molecule has 1 aliphatic heterocycles. The predicted molar refractivity (Wildman–Crippen MR) is 135 cm³/mol. The number of furan rings is 1. The van der Waals surface area contributed by atoms with E-state index >= 15 is 0 Å². The fourth-order valence-electron chi connectivity index (χ4n) is 3.52. The van der Waals surface area contributed by atoms with Gasteiger partial charge in [0.05, 0.1) is 30.7 Å². The van der Waals surface area contributed by atoms with Gasteiger partial charge in [0.1, 0.15) is 12.3 Å². The second kappa shape index (κ2) is 13.2. The first-order valence-electron chi connectivity index (χ1n) is 10.9. The monoisotopic (exact) mass is 572 g/mol. The van der Waals surface area contributed by atoms with Crippen LogP contribution in [0.1, 0.15) is 41.9 Å². The van der Waals surface area contributed by atoms with Gasteiger partial charge in [-0.3, -0.25) is 9.48 Å². The summed E-state index contributed by atoms with van der Waals surface area (Å²) in [7, 11) is 3.44. The van der Waals surface area contributed by atoms with Gasteiger partial charge in [0.2, 0.25) is 5.91 Å². The normalized spacial score (nSPS) is 16.2. The molecule has 1 N–H and O–H groups in total. The van der Waals surface area contributed by atoms with Crippen LogP contribution in [0.25, 0.3) is 0 Å². The van der Waals surface area contributed by atoms with Crippen molar-refractivity contribution < 1.29 is 18.7 Å². The highest BCUT2D eigenvalue weighted by atomic mass is 127. The average molecular weight is 572 g/mol. The minimum Gasteiger partial charge on any atom is -0.469 e. The van der Waals surface area contributed by atoms with Gasteiger partial charge in [-0.15, -0.1) is 24.0 Å². The summed E-state index contributed by atoms with van der Waals surface area (Å²) >= 11 is 0. The molecule has 3 heterocycles. The Labute approximate surface area is 211 Å². The number of carbonyl (C=O) groups excluding carboxylic acids is 2. The van der Waals surface area contributed by atoms with Crippen LogP contribution in [0.2, 0.25) is 0 Å². The third kappa shape index (κ3) is 7.76. The molecular weight excluding hydrogens is 539 g/mol. The molecule has 182 valence electrons. The molecule has 3 rings (SSSR count).